The van der Waals surface area contributed by atoms with Crippen LogP contribution in [-0.2, 0) is 6.18 Å². The van der Waals surface area contributed by atoms with E-state index in [0.717, 1.165) is 18.5 Å². The molecule has 1 aromatic rings. The molecule has 8 heteroatoms. The highest BCUT2D eigenvalue weighted by Crippen LogP contribution is 2.31. The van der Waals surface area contributed by atoms with E-state index in [9.17, 15) is 18.0 Å². The van der Waals surface area contributed by atoms with Crippen molar-refractivity contribution in [1.82, 2.24) is 15.8 Å². The topological polar surface area (TPSA) is 54.0 Å². The third-order valence-corrected chi connectivity index (χ3v) is 3.48. The van der Waals surface area contributed by atoms with Crippen molar-refractivity contribution in [2.75, 3.05) is 0 Å². The first-order chi connectivity index (χ1) is 10.3. The van der Waals surface area contributed by atoms with E-state index in [4.69, 9.17) is 0 Å². The highest BCUT2D eigenvalue weighted by molar-refractivity contribution is 6.83. The Morgan fingerprint density at radius 2 is 1.87 bits per heavy atom. The quantitative estimate of drug-likeness (QED) is 0.504. The molecule has 0 saturated carbocycles. The monoisotopic (exact) mass is 343 g/mol. The fourth-order valence-electron chi connectivity index (χ4n) is 1.48. The molecular weight excluding hydrogens is 323 g/mol. The van der Waals surface area contributed by atoms with Crippen molar-refractivity contribution in [2.24, 2.45) is 0 Å². The van der Waals surface area contributed by atoms with Gasteiger partial charge >= 0.3 is 6.18 Å². The number of hydrazine groups is 1. The number of hydrogen-bond donors (Lipinski definition) is 2. The lowest BCUT2D eigenvalue weighted by Gasteiger charge is -2.22. The summed E-state index contributed by atoms with van der Waals surface area (Å²) in [5.74, 6) is 2.09. The number of rotatable bonds is 3. The van der Waals surface area contributed by atoms with Crippen molar-refractivity contribution in [2.45, 2.75) is 45.2 Å². The molecule has 4 nitrogen and oxygen atoms in total. The third kappa shape index (κ3) is 6.42. The van der Waals surface area contributed by atoms with Crippen LogP contribution in [0.3, 0.4) is 0 Å². The van der Waals surface area contributed by atoms with Gasteiger partial charge in [-0.05, 0) is 19.9 Å². The SMILES string of the molecule is CC(C)(C#C[Si](C)(C)C)NNC(=O)c1cnccc1C(F)(F)F. The number of nitrogens with one attached hydrogen (secondary N) is 2. The Balaban J connectivity index is 2.88. The Morgan fingerprint density at radius 1 is 1.26 bits per heavy atom. The number of carbonyl (C=O) groups excluding carboxylic acids is 1. The summed E-state index contributed by atoms with van der Waals surface area (Å²) in [7, 11) is -1.59. The molecule has 2 N–H and O–H groups in total. The molecule has 0 aromatic carbocycles. The van der Waals surface area contributed by atoms with Crippen molar-refractivity contribution in [3.63, 3.8) is 0 Å². The summed E-state index contributed by atoms with van der Waals surface area (Å²) < 4.78 is 38.7. The van der Waals surface area contributed by atoms with Crippen LogP contribution < -0.4 is 10.9 Å². The molecule has 0 aliphatic heterocycles. The number of hydrogen-bond acceptors (Lipinski definition) is 3. The fraction of sp³-hybridized carbons (Fsp3) is 0.467. The van der Waals surface area contributed by atoms with Gasteiger partial charge in [-0.1, -0.05) is 25.6 Å². The average Bonchev–Trinajstić information content (AvgIpc) is 2.41. The van der Waals surface area contributed by atoms with Gasteiger partial charge in [0.1, 0.15) is 8.07 Å². The third-order valence-electron chi connectivity index (χ3n) is 2.61. The molecule has 0 spiro atoms. The summed E-state index contributed by atoms with van der Waals surface area (Å²) in [6.45, 7) is 9.67. The van der Waals surface area contributed by atoms with E-state index in [-0.39, 0.29) is 0 Å². The van der Waals surface area contributed by atoms with Crippen LogP contribution in [-0.4, -0.2) is 24.5 Å². The maximum atomic E-state index is 12.9. The van der Waals surface area contributed by atoms with Crippen LogP contribution in [0.25, 0.3) is 0 Å². The normalized spacial score (nSPS) is 12.3. The number of pyridine rings is 1. The van der Waals surface area contributed by atoms with Gasteiger partial charge < -0.3 is 0 Å². The van der Waals surface area contributed by atoms with E-state index in [1.54, 1.807) is 13.8 Å². The Bertz CT molecular complexity index is 640. The maximum absolute atomic E-state index is 12.9. The molecule has 0 saturated heterocycles. The number of carbonyl (C=O) groups is 1. The van der Waals surface area contributed by atoms with Gasteiger partial charge in [0.15, 0.2) is 0 Å². The Morgan fingerprint density at radius 3 is 2.39 bits per heavy atom. The van der Waals surface area contributed by atoms with E-state index in [0.29, 0.717) is 0 Å². The Kier molecular flexibility index (Phi) is 5.61. The van der Waals surface area contributed by atoms with Gasteiger partial charge in [-0.2, -0.15) is 13.2 Å². The van der Waals surface area contributed by atoms with Crippen molar-refractivity contribution in [3.8, 4) is 11.5 Å². The molecule has 0 fully saturated rings. The minimum atomic E-state index is -4.62. The average molecular weight is 343 g/mol. The van der Waals surface area contributed by atoms with Gasteiger partial charge in [0.25, 0.3) is 5.91 Å². The number of amides is 1. The molecule has 0 atom stereocenters. The lowest BCUT2D eigenvalue weighted by atomic mass is 10.1. The van der Waals surface area contributed by atoms with Crippen molar-refractivity contribution in [1.29, 1.82) is 0 Å². The first-order valence-electron chi connectivity index (χ1n) is 6.95. The predicted octanol–water partition coefficient (Wildman–Crippen LogP) is 2.99. The lowest BCUT2D eigenvalue weighted by Crippen LogP contribution is -2.50. The highest BCUT2D eigenvalue weighted by Gasteiger charge is 2.35. The smallest absolute Gasteiger partial charge is 0.286 e. The maximum Gasteiger partial charge on any atom is 0.417 e. The molecule has 0 unspecified atom stereocenters. The molecule has 0 bridgehead atoms. The summed E-state index contributed by atoms with van der Waals surface area (Å²) in [5.41, 5.74) is 5.74. The number of halogens is 3. The zero-order valence-corrected chi connectivity index (χ0v) is 14.7. The zero-order chi connectivity index (χ0) is 17.9. The Labute approximate surface area is 134 Å². The molecule has 1 aromatic heterocycles. The van der Waals surface area contributed by atoms with Gasteiger partial charge in [0.2, 0.25) is 0 Å². The number of alkyl halides is 3. The minimum Gasteiger partial charge on any atom is -0.286 e. The molecule has 23 heavy (non-hydrogen) atoms. The van der Waals surface area contributed by atoms with Crippen molar-refractivity contribution >= 4 is 14.0 Å². The van der Waals surface area contributed by atoms with Crippen LogP contribution in [0, 0.1) is 11.5 Å². The summed E-state index contributed by atoms with van der Waals surface area (Å²) in [6, 6.07) is 0.769. The predicted molar refractivity (Wildman–Crippen MR) is 85.0 cm³/mol. The molecule has 0 aliphatic carbocycles. The first kappa shape index (κ1) is 19.2. The molecule has 0 radical (unpaired) electrons. The summed E-state index contributed by atoms with van der Waals surface area (Å²) in [4.78, 5) is 15.6. The molecule has 0 aliphatic rings. The summed E-state index contributed by atoms with van der Waals surface area (Å²) >= 11 is 0. The van der Waals surface area contributed by atoms with Crippen LogP contribution >= 0.6 is 0 Å². The second-order valence-corrected chi connectivity index (χ2v) is 11.4. The second kappa shape index (κ2) is 6.72. The van der Waals surface area contributed by atoms with Crippen LogP contribution in [0.5, 0.6) is 0 Å². The summed E-state index contributed by atoms with van der Waals surface area (Å²) in [5, 5.41) is 0. The standard InChI is InChI=1S/C15H20F3N3OSi/c1-14(2,7-9-23(3,4)5)21-20-13(22)11-10-19-8-6-12(11)15(16,17)18/h6,8,10,21H,1-5H3,(H,20,22). The van der Waals surface area contributed by atoms with Gasteiger partial charge in [-0.25, -0.2) is 5.43 Å². The highest BCUT2D eigenvalue weighted by atomic mass is 28.3. The van der Waals surface area contributed by atoms with Gasteiger partial charge in [0, 0.05) is 12.4 Å². The van der Waals surface area contributed by atoms with E-state index >= 15 is 0 Å². The van der Waals surface area contributed by atoms with Gasteiger partial charge in [0.05, 0.1) is 16.7 Å². The van der Waals surface area contributed by atoms with Gasteiger partial charge in [-0.15, -0.1) is 5.54 Å². The molecular formula is C15H20F3N3OSi. The van der Waals surface area contributed by atoms with E-state index in [1.165, 1.54) is 0 Å². The fourth-order valence-corrected chi connectivity index (χ4v) is 2.17. The molecule has 126 valence electrons. The largest absolute Gasteiger partial charge is 0.417 e. The van der Waals surface area contributed by atoms with Crippen molar-refractivity contribution in [3.05, 3.63) is 29.6 Å². The molecule has 1 rings (SSSR count). The lowest BCUT2D eigenvalue weighted by molar-refractivity contribution is -0.138. The minimum absolute atomic E-state index is 0.540. The van der Waals surface area contributed by atoms with E-state index in [1.807, 2.05) is 0 Å². The van der Waals surface area contributed by atoms with Crippen molar-refractivity contribution < 1.29 is 18.0 Å². The number of aromatic nitrogens is 1. The van der Waals surface area contributed by atoms with Crippen LogP contribution in [0.2, 0.25) is 19.6 Å². The summed E-state index contributed by atoms with van der Waals surface area (Å²) in [6.07, 6.45) is -2.74. The van der Waals surface area contributed by atoms with E-state index in [2.05, 4.69) is 46.9 Å². The van der Waals surface area contributed by atoms with E-state index < -0.39 is 36.8 Å². The van der Waals surface area contributed by atoms with Gasteiger partial charge in [-0.3, -0.25) is 15.2 Å². The molecule has 1 heterocycles. The van der Waals surface area contributed by atoms with Crippen LogP contribution in [0.15, 0.2) is 18.5 Å². The van der Waals surface area contributed by atoms with Crippen LogP contribution in [0.4, 0.5) is 13.2 Å². The second-order valence-electron chi connectivity index (χ2n) is 6.62. The molecule has 1 amide bonds. The number of nitrogens with zero attached hydrogens (tertiary/aromatic N) is 1. The zero-order valence-electron chi connectivity index (χ0n) is 13.7. The van der Waals surface area contributed by atoms with Crippen LogP contribution in [0.1, 0.15) is 29.8 Å². The Hall–Kier alpha value is -1.85. The first-order valence-corrected chi connectivity index (χ1v) is 10.4.